The van der Waals surface area contributed by atoms with E-state index >= 15 is 0 Å². The summed E-state index contributed by atoms with van der Waals surface area (Å²) in [6.45, 7) is 0. The molecule has 0 bridgehead atoms. The lowest BCUT2D eigenvalue weighted by Gasteiger charge is -2.08. The Morgan fingerprint density at radius 3 is 2.64 bits per heavy atom. The number of nitriles is 1. The Kier molecular flexibility index (Phi) is 2.63. The van der Waals surface area contributed by atoms with Crippen LogP contribution in [0.3, 0.4) is 0 Å². The average molecular weight is 276 g/mol. The predicted molar refractivity (Wildman–Crippen MR) is 49.4 cm³/mol. The van der Waals surface area contributed by atoms with E-state index in [4.69, 9.17) is 5.26 Å². The van der Waals surface area contributed by atoms with E-state index < -0.39 is 3.23 Å². The summed E-state index contributed by atoms with van der Waals surface area (Å²) in [5, 5.41) is 8.66. The van der Waals surface area contributed by atoms with Crippen molar-refractivity contribution in [1.29, 1.82) is 5.26 Å². The first-order chi connectivity index (χ1) is 5.17. The summed E-state index contributed by atoms with van der Waals surface area (Å²) < 4.78 is -0.846. The maximum absolute atomic E-state index is 8.66. The largest absolute Gasteiger partial charge is 0.258 e. The van der Waals surface area contributed by atoms with E-state index in [0.29, 0.717) is 5.69 Å². The van der Waals surface area contributed by atoms with Crippen LogP contribution in [0.25, 0.3) is 0 Å². The molecule has 0 amide bonds. The van der Waals surface area contributed by atoms with Crippen LogP contribution in [0.2, 0.25) is 0 Å². The maximum atomic E-state index is 8.66. The van der Waals surface area contributed by atoms with Gasteiger partial charge < -0.3 is 0 Å². The molecule has 0 spiro atoms. The summed E-state index contributed by atoms with van der Waals surface area (Å²) in [7, 11) is 0. The Labute approximate surface area is 81.5 Å². The van der Waals surface area contributed by atoms with Gasteiger partial charge in [-0.1, -0.05) is 6.07 Å². The minimum atomic E-state index is -0.846. The highest BCUT2D eigenvalue weighted by Gasteiger charge is 2.25. The number of halogens is 2. The first kappa shape index (κ1) is 8.69. The molecule has 0 saturated heterocycles. The van der Waals surface area contributed by atoms with Crippen LogP contribution in [-0.4, -0.2) is 4.98 Å². The topological polar surface area (TPSA) is 36.7 Å². The van der Waals surface area contributed by atoms with E-state index in [1.165, 1.54) is 0 Å². The van der Waals surface area contributed by atoms with E-state index in [-0.39, 0.29) is 0 Å². The fraction of sp³-hybridized carbons (Fsp3) is 0.143. The van der Waals surface area contributed by atoms with E-state index in [0.717, 1.165) is 0 Å². The van der Waals surface area contributed by atoms with Gasteiger partial charge in [0.15, 0.2) is 0 Å². The van der Waals surface area contributed by atoms with Gasteiger partial charge in [-0.25, -0.2) is 0 Å². The summed E-state index contributed by atoms with van der Waals surface area (Å²) in [6.07, 6.45) is 1.64. The molecule has 0 unspecified atom stereocenters. The van der Waals surface area contributed by atoms with Crippen molar-refractivity contribution in [2.24, 2.45) is 0 Å². The fourth-order valence-electron chi connectivity index (χ4n) is 0.606. The van der Waals surface area contributed by atoms with E-state index in [2.05, 4.69) is 36.8 Å². The zero-order valence-corrected chi connectivity index (χ0v) is 8.63. The van der Waals surface area contributed by atoms with E-state index in [1.807, 2.05) is 12.1 Å². The molecular formula is C7H4Br2N2. The molecule has 56 valence electrons. The molecule has 1 aromatic heterocycles. The third-order valence-corrected chi connectivity index (χ3v) is 2.29. The lowest BCUT2D eigenvalue weighted by atomic mass is 10.3. The molecule has 1 rings (SSSR count). The number of aromatic nitrogens is 1. The quantitative estimate of drug-likeness (QED) is 0.739. The first-order valence-corrected chi connectivity index (χ1v) is 4.46. The summed E-state index contributed by atoms with van der Waals surface area (Å²) in [6, 6.07) is 7.43. The van der Waals surface area contributed by atoms with Crippen molar-refractivity contribution in [2.75, 3.05) is 0 Å². The second kappa shape index (κ2) is 3.33. The van der Waals surface area contributed by atoms with Crippen LogP contribution in [0.4, 0.5) is 0 Å². The zero-order valence-electron chi connectivity index (χ0n) is 5.46. The first-order valence-electron chi connectivity index (χ1n) is 2.87. The van der Waals surface area contributed by atoms with E-state index in [1.54, 1.807) is 18.3 Å². The van der Waals surface area contributed by atoms with Gasteiger partial charge in [0.1, 0.15) is 0 Å². The maximum Gasteiger partial charge on any atom is 0.207 e. The monoisotopic (exact) mass is 274 g/mol. The van der Waals surface area contributed by atoms with Crippen molar-refractivity contribution in [1.82, 2.24) is 4.98 Å². The van der Waals surface area contributed by atoms with Gasteiger partial charge in [-0.3, -0.25) is 4.98 Å². The van der Waals surface area contributed by atoms with Crippen LogP contribution in [0.15, 0.2) is 24.4 Å². The fourth-order valence-corrected chi connectivity index (χ4v) is 1.07. The summed E-state index contributed by atoms with van der Waals surface area (Å²) in [4.78, 5) is 4.00. The molecule has 4 heteroatoms. The van der Waals surface area contributed by atoms with Gasteiger partial charge in [0.2, 0.25) is 3.23 Å². The molecule has 11 heavy (non-hydrogen) atoms. The number of rotatable bonds is 1. The molecule has 0 N–H and O–H groups in total. The van der Waals surface area contributed by atoms with Crippen molar-refractivity contribution in [3.63, 3.8) is 0 Å². The highest BCUT2D eigenvalue weighted by atomic mass is 79.9. The van der Waals surface area contributed by atoms with E-state index in [9.17, 15) is 0 Å². The minimum Gasteiger partial charge on any atom is -0.258 e. The van der Waals surface area contributed by atoms with Crippen molar-refractivity contribution >= 4 is 31.9 Å². The van der Waals surface area contributed by atoms with Gasteiger partial charge in [0, 0.05) is 6.20 Å². The number of nitrogens with zero attached hydrogens (tertiary/aromatic N) is 2. The second-order valence-electron chi connectivity index (χ2n) is 1.90. The molecule has 1 aromatic rings. The number of hydrogen-bond acceptors (Lipinski definition) is 2. The van der Waals surface area contributed by atoms with Crippen molar-refractivity contribution in [3.05, 3.63) is 30.1 Å². The van der Waals surface area contributed by atoms with Crippen LogP contribution in [0, 0.1) is 11.3 Å². The number of alkyl halides is 2. The highest BCUT2D eigenvalue weighted by molar-refractivity contribution is 9.25. The SMILES string of the molecule is N#CC(Br)(Br)c1ccccn1. The normalized spacial score (nSPS) is 10.6. The Bertz CT molecular complexity index is 276. The van der Waals surface area contributed by atoms with Crippen molar-refractivity contribution in [2.45, 2.75) is 3.23 Å². The molecule has 0 aliphatic heterocycles. The van der Waals surface area contributed by atoms with Crippen LogP contribution in [0.5, 0.6) is 0 Å². The van der Waals surface area contributed by atoms with Gasteiger partial charge in [-0.2, -0.15) is 5.26 Å². The Morgan fingerprint density at radius 1 is 1.45 bits per heavy atom. The Hall–Kier alpha value is -0.400. The number of hydrogen-bond donors (Lipinski definition) is 0. The molecule has 0 fully saturated rings. The minimum absolute atomic E-state index is 0.655. The molecule has 0 aliphatic carbocycles. The van der Waals surface area contributed by atoms with Gasteiger partial charge in [0.25, 0.3) is 0 Å². The van der Waals surface area contributed by atoms with Crippen molar-refractivity contribution in [3.8, 4) is 6.07 Å². The third-order valence-electron chi connectivity index (χ3n) is 1.13. The molecular weight excluding hydrogens is 272 g/mol. The predicted octanol–water partition coefficient (Wildman–Crippen LogP) is 2.55. The van der Waals surface area contributed by atoms with Gasteiger partial charge in [-0.05, 0) is 44.0 Å². The summed E-state index contributed by atoms with van der Waals surface area (Å²) in [5.41, 5.74) is 0.655. The van der Waals surface area contributed by atoms with Gasteiger partial charge in [0.05, 0.1) is 11.8 Å². The lowest BCUT2D eigenvalue weighted by molar-refractivity contribution is 1.07. The lowest BCUT2D eigenvalue weighted by Crippen LogP contribution is -2.06. The zero-order chi connectivity index (χ0) is 8.32. The van der Waals surface area contributed by atoms with Crippen molar-refractivity contribution < 1.29 is 0 Å². The van der Waals surface area contributed by atoms with Gasteiger partial charge in [-0.15, -0.1) is 0 Å². The van der Waals surface area contributed by atoms with Crippen LogP contribution in [-0.2, 0) is 3.23 Å². The molecule has 0 aromatic carbocycles. The van der Waals surface area contributed by atoms with Crippen LogP contribution >= 0.6 is 31.9 Å². The molecule has 1 heterocycles. The summed E-state index contributed by atoms with van der Waals surface area (Å²) >= 11 is 6.36. The van der Waals surface area contributed by atoms with Gasteiger partial charge >= 0.3 is 0 Å². The third kappa shape index (κ3) is 2.01. The molecule has 2 nitrogen and oxygen atoms in total. The summed E-state index contributed by atoms with van der Waals surface area (Å²) in [5.74, 6) is 0. The molecule has 0 saturated carbocycles. The second-order valence-corrected chi connectivity index (χ2v) is 5.34. The average Bonchev–Trinajstić information content (AvgIpc) is 2.06. The molecule has 0 aliphatic rings. The Morgan fingerprint density at radius 2 is 2.18 bits per heavy atom. The number of pyridine rings is 1. The highest BCUT2D eigenvalue weighted by Crippen LogP contribution is 2.35. The van der Waals surface area contributed by atoms with Crippen LogP contribution < -0.4 is 0 Å². The molecule has 0 atom stereocenters. The standard InChI is InChI=1S/C7H4Br2N2/c8-7(9,5-10)6-3-1-2-4-11-6/h1-4H. The molecule has 0 radical (unpaired) electrons. The Balaban J connectivity index is 3.05. The smallest absolute Gasteiger partial charge is 0.207 e. The van der Waals surface area contributed by atoms with Crippen LogP contribution in [0.1, 0.15) is 5.69 Å².